The van der Waals surface area contributed by atoms with Crippen molar-refractivity contribution in [3.8, 4) is 0 Å². The monoisotopic (exact) mass is 379 g/mol. The van der Waals surface area contributed by atoms with Crippen molar-refractivity contribution in [1.82, 2.24) is 15.5 Å². The lowest BCUT2D eigenvalue weighted by atomic mass is 10.0. The molecule has 0 spiro atoms. The maximum atomic E-state index is 12.1. The van der Waals surface area contributed by atoms with Crippen LogP contribution >= 0.6 is 24.0 Å². The molecular formula is C19H29N3OS2. The first-order valence-electron chi connectivity index (χ1n) is 9.04. The molecule has 6 heteroatoms. The molecule has 0 unspecified atom stereocenters. The fourth-order valence-electron chi connectivity index (χ4n) is 2.95. The van der Waals surface area contributed by atoms with Gasteiger partial charge >= 0.3 is 0 Å². The average Bonchev–Trinajstić information content (AvgIpc) is 2.65. The van der Waals surface area contributed by atoms with E-state index in [4.69, 9.17) is 12.2 Å². The molecule has 1 aromatic carbocycles. The number of likely N-dealkylation sites (tertiary alicyclic amines) is 1. The van der Waals surface area contributed by atoms with E-state index >= 15 is 0 Å². The Morgan fingerprint density at radius 2 is 2.00 bits per heavy atom. The Bertz CT molecular complexity index is 531. The summed E-state index contributed by atoms with van der Waals surface area (Å²) in [5.74, 6) is 1.31. The van der Waals surface area contributed by atoms with Crippen molar-refractivity contribution in [2.75, 3.05) is 31.6 Å². The molecule has 0 aliphatic carbocycles. The molecule has 1 fully saturated rings. The smallest absolute Gasteiger partial charge is 0.220 e. The Morgan fingerprint density at radius 3 is 2.68 bits per heavy atom. The van der Waals surface area contributed by atoms with Gasteiger partial charge in [-0.2, -0.15) is 11.8 Å². The van der Waals surface area contributed by atoms with Crippen LogP contribution in [0, 0.1) is 0 Å². The van der Waals surface area contributed by atoms with E-state index in [1.165, 1.54) is 5.56 Å². The number of carbonyl (C=O) groups excluding carboxylic acids is 1. The minimum atomic E-state index is 0.153. The van der Waals surface area contributed by atoms with Crippen LogP contribution in [0.3, 0.4) is 0 Å². The van der Waals surface area contributed by atoms with E-state index in [0.29, 0.717) is 6.42 Å². The third-order valence-electron chi connectivity index (χ3n) is 4.43. The van der Waals surface area contributed by atoms with Gasteiger partial charge in [0.05, 0.1) is 0 Å². The summed E-state index contributed by atoms with van der Waals surface area (Å²) >= 11 is 7.33. The molecule has 1 aliphatic rings. The molecular weight excluding hydrogens is 350 g/mol. The van der Waals surface area contributed by atoms with E-state index in [1.54, 1.807) is 0 Å². The number of piperidine rings is 1. The molecule has 2 rings (SSSR count). The number of thiocarbonyl (C=S) groups is 1. The van der Waals surface area contributed by atoms with Crippen LogP contribution < -0.4 is 10.6 Å². The van der Waals surface area contributed by atoms with E-state index in [2.05, 4.69) is 33.9 Å². The zero-order chi connectivity index (χ0) is 17.9. The number of nitrogens with one attached hydrogen (secondary N) is 2. The van der Waals surface area contributed by atoms with E-state index in [-0.39, 0.29) is 11.9 Å². The number of nitrogens with zero attached hydrogens (tertiary/aromatic N) is 1. The first-order valence-corrected chi connectivity index (χ1v) is 10.8. The van der Waals surface area contributed by atoms with Gasteiger partial charge in [0.2, 0.25) is 5.91 Å². The summed E-state index contributed by atoms with van der Waals surface area (Å²) in [5.41, 5.74) is 1.21. The van der Waals surface area contributed by atoms with Gasteiger partial charge in [0, 0.05) is 32.1 Å². The lowest BCUT2D eigenvalue weighted by Gasteiger charge is -2.34. The molecule has 1 saturated heterocycles. The summed E-state index contributed by atoms with van der Waals surface area (Å²) in [4.78, 5) is 14.4. The molecule has 1 aromatic rings. The van der Waals surface area contributed by atoms with Gasteiger partial charge in [0.1, 0.15) is 0 Å². The second kappa shape index (κ2) is 11.4. The van der Waals surface area contributed by atoms with E-state index in [9.17, 15) is 4.79 Å². The van der Waals surface area contributed by atoms with E-state index in [1.807, 2.05) is 30.0 Å². The highest BCUT2D eigenvalue weighted by molar-refractivity contribution is 7.98. The van der Waals surface area contributed by atoms with E-state index in [0.717, 1.165) is 56.2 Å². The number of thioether (sulfide) groups is 1. The number of rotatable bonds is 8. The molecule has 25 heavy (non-hydrogen) atoms. The summed E-state index contributed by atoms with van der Waals surface area (Å²) < 4.78 is 0. The number of hydrogen-bond donors (Lipinski definition) is 2. The highest BCUT2D eigenvalue weighted by Gasteiger charge is 2.21. The summed E-state index contributed by atoms with van der Waals surface area (Å²) in [6, 6.07) is 10.4. The standard InChI is InChI=1S/C19H29N3OS2/c1-25-15-5-12-20-19(24)22-13-10-17(11-14-22)21-18(23)9-8-16-6-3-2-4-7-16/h2-4,6-7,17H,5,8-15H2,1H3,(H,20,24)(H,21,23). The lowest BCUT2D eigenvalue weighted by Crippen LogP contribution is -2.49. The Kier molecular flexibility index (Phi) is 9.11. The third-order valence-corrected chi connectivity index (χ3v) is 5.53. The third kappa shape index (κ3) is 7.65. The Hall–Kier alpha value is -1.27. The minimum Gasteiger partial charge on any atom is -0.363 e. The van der Waals surface area contributed by atoms with Gasteiger partial charge in [-0.15, -0.1) is 0 Å². The molecule has 0 atom stereocenters. The highest BCUT2D eigenvalue weighted by atomic mass is 32.2. The van der Waals surface area contributed by atoms with E-state index < -0.39 is 0 Å². The Labute approximate surface area is 161 Å². The van der Waals surface area contributed by atoms with Crippen LogP contribution in [0.5, 0.6) is 0 Å². The van der Waals surface area contributed by atoms with Gasteiger partial charge in [-0.3, -0.25) is 4.79 Å². The van der Waals surface area contributed by atoms with Gasteiger partial charge < -0.3 is 15.5 Å². The summed E-state index contributed by atoms with van der Waals surface area (Å²) in [6.45, 7) is 2.77. The van der Waals surface area contributed by atoms with Crippen molar-refractivity contribution in [2.24, 2.45) is 0 Å². The number of hydrogen-bond acceptors (Lipinski definition) is 3. The predicted molar refractivity (Wildman–Crippen MR) is 111 cm³/mol. The quantitative estimate of drug-likeness (QED) is 0.537. The molecule has 0 radical (unpaired) electrons. The van der Waals surface area contributed by atoms with Crippen LogP contribution in [0.15, 0.2) is 30.3 Å². The molecule has 2 N–H and O–H groups in total. The fourth-order valence-corrected chi connectivity index (χ4v) is 3.67. The topological polar surface area (TPSA) is 44.4 Å². The van der Waals surface area contributed by atoms with Crippen LogP contribution in [0.1, 0.15) is 31.2 Å². The van der Waals surface area contributed by atoms with Crippen LogP contribution in [0.2, 0.25) is 0 Å². The predicted octanol–water partition coefficient (Wildman–Crippen LogP) is 2.83. The zero-order valence-corrected chi connectivity index (χ0v) is 16.6. The first-order chi connectivity index (χ1) is 12.2. The van der Waals surface area contributed by atoms with Crippen molar-refractivity contribution < 1.29 is 4.79 Å². The molecule has 1 aliphatic heterocycles. The van der Waals surface area contributed by atoms with Crippen molar-refractivity contribution >= 4 is 35.0 Å². The molecule has 0 aromatic heterocycles. The largest absolute Gasteiger partial charge is 0.363 e. The number of benzene rings is 1. The molecule has 0 bridgehead atoms. The van der Waals surface area contributed by atoms with Crippen molar-refractivity contribution in [2.45, 2.75) is 38.1 Å². The van der Waals surface area contributed by atoms with Gasteiger partial charge in [-0.25, -0.2) is 0 Å². The maximum Gasteiger partial charge on any atom is 0.220 e. The second-order valence-electron chi connectivity index (χ2n) is 6.39. The molecule has 1 heterocycles. The van der Waals surface area contributed by atoms with Crippen molar-refractivity contribution in [3.05, 3.63) is 35.9 Å². The van der Waals surface area contributed by atoms with Gasteiger partial charge in [-0.05, 0) is 55.5 Å². The maximum absolute atomic E-state index is 12.1. The van der Waals surface area contributed by atoms with Crippen molar-refractivity contribution in [1.29, 1.82) is 0 Å². The molecule has 4 nitrogen and oxygen atoms in total. The Morgan fingerprint density at radius 1 is 1.28 bits per heavy atom. The average molecular weight is 380 g/mol. The van der Waals surface area contributed by atoms with Gasteiger partial charge in [0.25, 0.3) is 0 Å². The summed E-state index contributed by atoms with van der Waals surface area (Å²) in [6.07, 6.45) is 6.54. The molecule has 1 amide bonds. The number of aryl methyl sites for hydroxylation is 1. The number of carbonyl (C=O) groups is 1. The van der Waals surface area contributed by atoms with Crippen molar-refractivity contribution in [3.63, 3.8) is 0 Å². The van der Waals surface area contributed by atoms with Crippen LogP contribution in [0.25, 0.3) is 0 Å². The highest BCUT2D eigenvalue weighted by Crippen LogP contribution is 2.11. The zero-order valence-electron chi connectivity index (χ0n) is 15.0. The van der Waals surface area contributed by atoms with Gasteiger partial charge in [0.15, 0.2) is 5.11 Å². The fraction of sp³-hybridized carbons (Fsp3) is 0.579. The SMILES string of the molecule is CSCCCNC(=S)N1CCC(NC(=O)CCc2ccccc2)CC1. The van der Waals surface area contributed by atoms with Crippen LogP contribution in [-0.4, -0.2) is 53.6 Å². The molecule has 138 valence electrons. The molecule has 0 saturated carbocycles. The summed E-state index contributed by atoms with van der Waals surface area (Å²) in [7, 11) is 0. The Balaban J connectivity index is 1.61. The number of amides is 1. The lowest BCUT2D eigenvalue weighted by molar-refractivity contribution is -0.122. The van der Waals surface area contributed by atoms with Gasteiger partial charge in [-0.1, -0.05) is 30.3 Å². The van der Waals surface area contributed by atoms with Crippen LogP contribution in [0.4, 0.5) is 0 Å². The van der Waals surface area contributed by atoms with Crippen LogP contribution in [-0.2, 0) is 11.2 Å². The first kappa shape index (κ1) is 20.0. The normalized spacial score (nSPS) is 15.0. The second-order valence-corrected chi connectivity index (χ2v) is 7.77. The minimum absolute atomic E-state index is 0.153. The summed E-state index contributed by atoms with van der Waals surface area (Å²) in [5, 5.41) is 7.37.